The summed E-state index contributed by atoms with van der Waals surface area (Å²) in [5, 5.41) is 2.58. The summed E-state index contributed by atoms with van der Waals surface area (Å²) in [6.45, 7) is 1.61. The van der Waals surface area contributed by atoms with Gasteiger partial charge in [0.2, 0.25) is 5.91 Å². The van der Waals surface area contributed by atoms with E-state index in [1.807, 2.05) is 4.90 Å². The van der Waals surface area contributed by atoms with Crippen molar-refractivity contribution in [1.29, 1.82) is 0 Å². The quantitative estimate of drug-likeness (QED) is 0.805. The molecule has 150 valence electrons. The van der Waals surface area contributed by atoms with Gasteiger partial charge in [-0.15, -0.1) is 0 Å². The van der Waals surface area contributed by atoms with Crippen molar-refractivity contribution in [3.05, 3.63) is 65.0 Å². The van der Waals surface area contributed by atoms with Crippen LogP contribution in [0.2, 0.25) is 0 Å². The van der Waals surface area contributed by atoms with Crippen LogP contribution < -0.4 is 5.32 Å². The molecule has 2 aliphatic heterocycles. The molecule has 7 heteroatoms. The highest BCUT2D eigenvalue weighted by Gasteiger charge is 2.32. The Hall–Kier alpha value is -3.22. The number of rotatable bonds is 4. The molecule has 2 amide bonds. The van der Waals surface area contributed by atoms with Crippen LogP contribution in [0.25, 0.3) is 0 Å². The number of ether oxygens (including phenoxy) is 1. The minimum absolute atomic E-state index is 0.0168. The standard InChI is InChI=1S/C22H21FN2O4/c23-16-7-8-17-18(12-20(26)24-19(17)11-16)22(28)29-13-14-3-5-15(6-4-14)21(27)25-9-1-2-10-25/h3-8,11,18H,1-2,9-10,12-13H2,(H,24,26)/t18-/m1/s1. The van der Waals surface area contributed by atoms with E-state index in [0.29, 0.717) is 16.8 Å². The smallest absolute Gasteiger partial charge is 0.314 e. The van der Waals surface area contributed by atoms with Crippen LogP contribution in [0.4, 0.5) is 10.1 Å². The van der Waals surface area contributed by atoms with Crippen molar-refractivity contribution >= 4 is 23.5 Å². The minimum atomic E-state index is -0.768. The number of benzene rings is 2. The molecule has 2 aromatic carbocycles. The fraction of sp³-hybridized carbons (Fsp3) is 0.318. The molecule has 0 aliphatic carbocycles. The predicted molar refractivity (Wildman–Crippen MR) is 104 cm³/mol. The van der Waals surface area contributed by atoms with Crippen molar-refractivity contribution in [1.82, 2.24) is 4.90 Å². The summed E-state index contributed by atoms with van der Waals surface area (Å²) >= 11 is 0. The average Bonchev–Trinajstić information content (AvgIpc) is 3.26. The molecule has 1 atom stereocenters. The molecular weight excluding hydrogens is 375 g/mol. The van der Waals surface area contributed by atoms with Gasteiger partial charge in [0.05, 0.1) is 5.92 Å². The molecule has 0 spiro atoms. The van der Waals surface area contributed by atoms with Crippen LogP contribution in [0.1, 0.15) is 46.7 Å². The minimum Gasteiger partial charge on any atom is -0.460 e. The maximum Gasteiger partial charge on any atom is 0.314 e. The Morgan fingerprint density at radius 3 is 2.55 bits per heavy atom. The van der Waals surface area contributed by atoms with E-state index in [2.05, 4.69) is 5.32 Å². The van der Waals surface area contributed by atoms with Crippen LogP contribution in [-0.2, 0) is 20.9 Å². The Morgan fingerprint density at radius 1 is 1.10 bits per heavy atom. The second-order valence-corrected chi connectivity index (χ2v) is 7.34. The van der Waals surface area contributed by atoms with Crippen molar-refractivity contribution in [2.75, 3.05) is 18.4 Å². The van der Waals surface area contributed by atoms with E-state index >= 15 is 0 Å². The normalized spacial score (nSPS) is 18.2. The number of hydrogen-bond donors (Lipinski definition) is 1. The molecule has 0 radical (unpaired) electrons. The molecule has 0 saturated carbocycles. The van der Waals surface area contributed by atoms with E-state index in [1.54, 1.807) is 24.3 Å². The lowest BCUT2D eigenvalue weighted by Crippen LogP contribution is -2.28. The molecule has 2 aromatic rings. The van der Waals surface area contributed by atoms with Gasteiger partial charge in [0.1, 0.15) is 12.4 Å². The Labute approximate surface area is 167 Å². The zero-order chi connectivity index (χ0) is 20.4. The topological polar surface area (TPSA) is 75.7 Å². The van der Waals surface area contributed by atoms with Crippen molar-refractivity contribution in [2.24, 2.45) is 0 Å². The fourth-order valence-electron chi connectivity index (χ4n) is 3.75. The lowest BCUT2D eigenvalue weighted by Gasteiger charge is -2.24. The molecule has 0 unspecified atom stereocenters. The van der Waals surface area contributed by atoms with Crippen molar-refractivity contribution < 1.29 is 23.5 Å². The zero-order valence-electron chi connectivity index (χ0n) is 15.8. The number of hydrogen-bond acceptors (Lipinski definition) is 4. The third kappa shape index (κ3) is 4.13. The summed E-state index contributed by atoms with van der Waals surface area (Å²) in [5.74, 6) is -2.13. The number of halogens is 1. The Morgan fingerprint density at radius 2 is 1.83 bits per heavy atom. The van der Waals surface area contributed by atoms with Gasteiger partial charge in [0, 0.05) is 30.8 Å². The first kappa shape index (κ1) is 19.1. The van der Waals surface area contributed by atoms with Gasteiger partial charge < -0.3 is 15.0 Å². The summed E-state index contributed by atoms with van der Waals surface area (Å²) in [7, 11) is 0. The number of likely N-dealkylation sites (tertiary alicyclic amines) is 1. The second kappa shape index (κ2) is 8.03. The zero-order valence-corrected chi connectivity index (χ0v) is 15.8. The molecule has 29 heavy (non-hydrogen) atoms. The van der Waals surface area contributed by atoms with Crippen molar-refractivity contribution in [3.8, 4) is 0 Å². The number of esters is 1. The molecule has 2 heterocycles. The Balaban J connectivity index is 1.40. The van der Waals surface area contributed by atoms with E-state index in [0.717, 1.165) is 31.5 Å². The van der Waals surface area contributed by atoms with Gasteiger partial charge in [-0.3, -0.25) is 14.4 Å². The number of fused-ring (bicyclic) bond motifs is 1. The summed E-state index contributed by atoms with van der Waals surface area (Å²) in [4.78, 5) is 38.6. The maximum atomic E-state index is 13.4. The average molecular weight is 396 g/mol. The number of carbonyl (C=O) groups is 3. The number of nitrogens with one attached hydrogen (secondary N) is 1. The highest BCUT2D eigenvalue weighted by Crippen LogP contribution is 2.33. The molecule has 1 fully saturated rings. The van der Waals surface area contributed by atoms with Gasteiger partial charge in [-0.25, -0.2) is 4.39 Å². The van der Waals surface area contributed by atoms with E-state index in [9.17, 15) is 18.8 Å². The molecular formula is C22H21FN2O4. The van der Waals surface area contributed by atoms with Gasteiger partial charge in [-0.1, -0.05) is 18.2 Å². The van der Waals surface area contributed by atoms with Gasteiger partial charge in [0.25, 0.3) is 5.91 Å². The molecule has 2 aliphatic rings. The Bertz CT molecular complexity index is 952. The molecule has 0 bridgehead atoms. The third-order valence-corrected chi connectivity index (χ3v) is 5.31. The van der Waals surface area contributed by atoms with Crippen LogP contribution in [0.3, 0.4) is 0 Å². The highest BCUT2D eigenvalue weighted by molar-refractivity contribution is 6.00. The highest BCUT2D eigenvalue weighted by atomic mass is 19.1. The maximum absolute atomic E-state index is 13.4. The van der Waals surface area contributed by atoms with Crippen LogP contribution in [0, 0.1) is 5.82 Å². The first-order chi connectivity index (χ1) is 14.0. The number of amides is 2. The van der Waals surface area contributed by atoms with E-state index in [4.69, 9.17) is 4.74 Å². The summed E-state index contributed by atoms with van der Waals surface area (Å²) in [6, 6.07) is 10.9. The molecule has 1 N–H and O–H groups in total. The first-order valence-corrected chi connectivity index (χ1v) is 9.65. The molecule has 1 saturated heterocycles. The number of nitrogens with zero attached hydrogens (tertiary/aromatic N) is 1. The SMILES string of the molecule is O=C1C[C@@H](C(=O)OCc2ccc(C(=O)N3CCCC3)cc2)c2ccc(F)cc2N1. The summed E-state index contributed by atoms with van der Waals surface area (Å²) in [5.41, 5.74) is 2.20. The molecule has 6 nitrogen and oxygen atoms in total. The van der Waals surface area contributed by atoms with Crippen LogP contribution >= 0.6 is 0 Å². The van der Waals surface area contributed by atoms with Crippen molar-refractivity contribution in [3.63, 3.8) is 0 Å². The summed E-state index contributed by atoms with van der Waals surface area (Å²) < 4.78 is 18.8. The first-order valence-electron chi connectivity index (χ1n) is 9.65. The third-order valence-electron chi connectivity index (χ3n) is 5.31. The monoisotopic (exact) mass is 396 g/mol. The van der Waals surface area contributed by atoms with Gasteiger partial charge in [-0.2, -0.15) is 0 Å². The van der Waals surface area contributed by atoms with E-state index < -0.39 is 17.7 Å². The van der Waals surface area contributed by atoms with Crippen LogP contribution in [-0.4, -0.2) is 35.8 Å². The van der Waals surface area contributed by atoms with Gasteiger partial charge in [0.15, 0.2) is 0 Å². The molecule has 4 rings (SSSR count). The second-order valence-electron chi connectivity index (χ2n) is 7.34. The Kier molecular flexibility index (Phi) is 5.29. The number of anilines is 1. The fourth-order valence-corrected chi connectivity index (χ4v) is 3.75. The lowest BCUT2D eigenvalue weighted by molar-refractivity contribution is -0.148. The van der Waals surface area contributed by atoms with E-state index in [-0.39, 0.29) is 24.8 Å². The lowest BCUT2D eigenvalue weighted by atomic mass is 9.90. The number of carbonyl (C=O) groups excluding carboxylic acids is 3. The van der Waals surface area contributed by atoms with E-state index in [1.165, 1.54) is 18.2 Å². The van der Waals surface area contributed by atoms with Crippen LogP contribution in [0.15, 0.2) is 42.5 Å². The largest absolute Gasteiger partial charge is 0.460 e. The van der Waals surface area contributed by atoms with Gasteiger partial charge in [-0.05, 0) is 48.2 Å². The van der Waals surface area contributed by atoms with Gasteiger partial charge >= 0.3 is 5.97 Å². The molecule has 0 aromatic heterocycles. The predicted octanol–water partition coefficient (Wildman–Crippen LogP) is 3.23. The summed E-state index contributed by atoms with van der Waals surface area (Å²) in [6.07, 6.45) is 2.03. The van der Waals surface area contributed by atoms with Crippen molar-refractivity contribution in [2.45, 2.75) is 31.8 Å². The van der Waals surface area contributed by atoms with Crippen LogP contribution in [0.5, 0.6) is 0 Å².